The molecule has 0 bridgehead atoms. The highest BCUT2D eigenvalue weighted by Gasteiger charge is 2.17. The number of carbonyl (C=O) groups is 2. The largest absolute Gasteiger partial charge is 0.466 e. The Morgan fingerprint density at radius 3 is 1.41 bits per heavy atom. The average Bonchev–Trinajstić information content (AvgIpc) is 3.24. The summed E-state index contributed by atoms with van der Waals surface area (Å²) in [6.07, 6.45) is 59.7. The van der Waals surface area contributed by atoms with Crippen LogP contribution in [0, 0.1) is 0 Å². The summed E-state index contributed by atoms with van der Waals surface area (Å²) in [6.45, 7) is 4.73. The SMILES string of the molecule is CCC/C=C\C/C=C\CCCCCCCC(=O)OCCCCCC/C=C\CCCC(=O)NC(CO)C(O)/C=C/CCCCCCCCCCCCCCCCCCCC. The number of ether oxygens (including phenoxy) is 1. The molecule has 0 saturated carbocycles. The van der Waals surface area contributed by atoms with Gasteiger partial charge in [0.05, 0.1) is 25.4 Å². The van der Waals surface area contributed by atoms with Crippen LogP contribution in [0.15, 0.2) is 48.6 Å². The maximum atomic E-state index is 12.4. The van der Waals surface area contributed by atoms with Crippen LogP contribution in [-0.4, -0.2) is 47.4 Å². The van der Waals surface area contributed by atoms with Gasteiger partial charge in [0, 0.05) is 12.8 Å². The van der Waals surface area contributed by atoms with Crippen molar-refractivity contribution < 1.29 is 24.5 Å². The van der Waals surface area contributed by atoms with E-state index in [1.54, 1.807) is 6.08 Å². The van der Waals surface area contributed by atoms with Crippen LogP contribution in [0.3, 0.4) is 0 Å². The van der Waals surface area contributed by atoms with E-state index in [2.05, 4.69) is 55.6 Å². The second-order valence-electron chi connectivity index (χ2n) is 17.1. The van der Waals surface area contributed by atoms with Gasteiger partial charge < -0.3 is 20.3 Å². The molecule has 1 amide bonds. The van der Waals surface area contributed by atoms with E-state index < -0.39 is 12.1 Å². The average molecular weight is 828 g/mol. The second kappa shape index (κ2) is 48.5. The molecule has 0 fully saturated rings. The molecule has 0 rings (SSSR count). The van der Waals surface area contributed by atoms with Crippen LogP contribution in [0.2, 0.25) is 0 Å². The molecule has 3 N–H and O–H groups in total. The lowest BCUT2D eigenvalue weighted by Crippen LogP contribution is -2.45. The summed E-state index contributed by atoms with van der Waals surface area (Å²) in [6, 6.07) is -0.668. The summed E-state index contributed by atoms with van der Waals surface area (Å²) in [5.41, 5.74) is 0. The Balaban J connectivity index is 3.60. The van der Waals surface area contributed by atoms with Gasteiger partial charge in [-0.2, -0.15) is 0 Å². The molecule has 0 heterocycles. The van der Waals surface area contributed by atoms with E-state index in [-0.39, 0.29) is 18.5 Å². The number of nitrogens with one attached hydrogen (secondary N) is 1. The molecule has 0 aliphatic carbocycles. The van der Waals surface area contributed by atoms with Gasteiger partial charge in [0.1, 0.15) is 0 Å². The fourth-order valence-electron chi connectivity index (χ4n) is 7.38. The molecule has 0 aromatic rings. The number of rotatable bonds is 46. The van der Waals surface area contributed by atoms with E-state index in [0.29, 0.717) is 19.4 Å². The number of allylic oxidation sites excluding steroid dienone is 7. The Hall–Kier alpha value is -2.18. The molecule has 6 heteroatoms. The molecule has 0 saturated heterocycles. The molecule has 0 aromatic heterocycles. The zero-order valence-corrected chi connectivity index (χ0v) is 39.0. The number of hydrogen-bond acceptors (Lipinski definition) is 5. The molecule has 0 aliphatic heterocycles. The Bertz CT molecular complexity index is 1000. The van der Waals surface area contributed by atoms with Gasteiger partial charge in [-0.15, -0.1) is 0 Å². The first-order valence-corrected chi connectivity index (χ1v) is 25.4. The van der Waals surface area contributed by atoms with Crippen LogP contribution in [0.25, 0.3) is 0 Å². The minimum atomic E-state index is -0.877. The normalized spacial score (nSPS) is 13.1. The first kappa shape index (κ1) is 56.8. The van der Waals surface area contributed by atoms with Crippen LogP contribution in [-0.2, 0) is 14.3 Å². The van der Waals surface area contributed by atoms with Crippen molar-refractivity contribution in [1.29, 1.82) is 0 Å². The zero-order valence-electron chi connectivity index (χ0n) is 39.0. The Kier molecular flexibility index (Phi) is 46.7. The second-order valence-corrected chi connectivity index (χ2v) is 17.1. The lowest BCUT2D eigenvalue weighted by Gasteiger charge is -2.19. The van der Waals surface area contributed by atoms with E-state index in [1.165, 1.54) is 141 Å². The van der Waals surface area contributed by atoms with Crippen molar-refractivity contribution in [3.05, 3.63) is 48.6 Å². The van der Waals surface area contributed by atoms with Crippen LogP contribution >= 0.6 is 0 Å². The highest BCUT2D eigenvalue weighted by Crippen LogP contribution is 2.15. The third kappa shape index (κ3) is 45.2. The van der Waals surface area contributed by atoms with Crippen molar-refractivity contribution in [3.63, 3.8) is 0 Å². The minimum absolute atomic E-state index is 0.0539. The van der Waals surface area contributed by atoms with E-state index in [4.69, 9.17) is 4.74 Å². The zero-order chi connectivity index (χ0) is 43.0. The maximum Gasteiger partial charge on any atom is 0.305 e. The lowest BCUT2D eigenvalue weighted by molar-refractivity contribution is -0.143. The van der Waals surface area contributed by atoms with Gasteiger partial charge in [0.25, 0.3) is 0 Å². The quantitative estimate of drug-likeness (QED) is 0.0323. The summed E-state index contributed by atoms with van der Waals surface area (Å²) >= 11 is 0. The van der Waals surface area contributed by atoms with Crippen LogP contribution in [0.1, 0.15) is 251 Å². The molecule has 0 spiro atoms. The number of hydrogen-bond donors (Lipinski definition) is 3. The number of amides is 1. The monoisotopic (exact) mass is 828 g/mol. The molecule has 0 aliphatic rings. The predicted molar refractivity (Wildman–Crippen MR) is 255 cm³/mol. The third-order valence-corrected chi connectivity index (χ3v) is 11.3. The Morgan fingerprint density at radius 2 is 0.898 bits per heavy atom. The molecule has 59 heavy (non-hydrogen) atoms. The van der Waals surface area contributed by atoms with Crippen molar-refractivity contribution in [2.75, 3.05) is 13.2 Å². The van der Waals surface area contributed by atoms with Crippen molar-refractivity contribution in [2.45, 2.75) is 264 Å². The predicted octanol–water partition coefficient (Wildman–Crippen LogP) is 15.1. The van der Waals surface area contributed by atoms with Crippen molar-refractivity contribution in [3.8, 4) is 0 Å². The number of aliphatic hydroxyl groups excluding tert-OH is 2. The van der Waals surface area contributed by atoms with Gasteiger partial charge in [-0.05, 0) is 77.0 Å². The summed E-state index contributed by atoms with van der Waals surface area (Å²) in [4.78, 5) is 24.4. The van der Waals surface area contributed by atoms with Crippen molar-refractivity contribution in [1.82, 2.24) is 5.32 Å². The van der Waals surface area contributed by atoms with Gasteiger partial charge in [-0.25, -0.2) is 0 Å². The fraction of sp³-hybridized carbons (Fsp3) is 0.811. The lowest BCUT2D eigenvalue weighted by atomic mass is 10.0. The summed E-state index contributed by atoms with van der Waals surface area (Å²) in [5.74, 6) is -0.184. The smallest absolute Gasteiger partial charge is 0.305 e. The van der Waals surface area contributed by atoms with Crippen LogP contribution in [0.4, 0.5) is 0 Å². The summed E-state index contributed by atoms with van der Waals surface area (Å²) in [7, 11) is 0. The van der Waals surface area contributed by atoms with E-state index >= 15 is 0 Å². The van der Waals surface area contributed by atoms with E-state index in [0.717, 1.165) is 83.5 Å². The molecular formula is C53H97NO5. The van der Waals surface area contributed by atoms with Gasteiger partial charge in [-0.3, -0.25) is 9.59 Å². The van der Waals surface area contributed by atoms with E-state index in [1.807, 2.05) is 6.08 Å². The summed E-state index contributed by atoms with van der Waals surface area (Å²) in [5, 5.41) is 23.0. The minimum Gasteiger partial charge on any atom is -0.466 e. The van der Waals surface area contributed by atoms with Gasteiger partial charge >= 0.3 is 5.97 Å². The Labute approximate surface area is 366 Å². The van der Waals surface area contributed by atoms with Gasteiger partial charge in [0.15, 0.2) is 0 Å². The highest BCUT2D eigenvalue weighted by atomic mass is 16.5. The van der Waals surface area contributed by atoms with Gasteiger partial charge in [0.2, 0.25) is 5.91 Å². The number of aliphatic hydroxyl groups is 2. The molecule has 0 aromatic carbocycles. The molecule has 6 nitrogen and oxygen atoms in total. The maximum absolute atomic E-state index is 12.4. The molecule has 2 unspecified atom stereocenters. The van der Waals surface area contributed by atoms with E-state index in [9.17, 15) is 19.8 Å². The highest BCUT2D eigenvalue weighted by molar-refractivity contribution is 5.76. The topological polar surface area (TPSA) is 95.9 Å². The third-order valence-electron chi connectivity index (χ3n) is 11.3. The van der Waals surface area contributed by atoms with Crippen LogP contribution in [0.5, 0.6) is 0 Å². The Morgan fingerprint density at radius 1 is 0.475 bits per heavy atom. The molecule has 0 radical (unpaired) electrons. The number of carbonyl (C=O) groups excluding carboxylic acids is 2. The number of esters is 1. The molecular weight excluding hydrogens is 731 g/mol. The fourth-order valence-corrected chi connectivity index (χ4v) is 7.38. The first-order chi connectivity index (χ1) is 29.0. The van der Waals surface area contributed by atoms with Crippen molar-refractivity contribution >= 4 is 11.9 Å². The standard InChI is InChI=1S/C53H97NO5/c1-3-5-7-9-11-13-15-17-18-19-20-21-22-23-25-26-29-33-37-41-45-51(56)50(49-55)54-52(57)46-42-38-34-30-28-32-36-40-44-48-59-53(58)47-43-39-35-31-27-24-16-14-12-10-8-6-4-2/h8,10,14,16,30,34,41,45,50-51,55-56H,3-7,9,11-13,15,17-29,31-33,35-40,42-44,46-49H2,1-2H3,(H,54,57)/b10-8-,16-14-,34-30-,45-41+. The van der Waals surface area contributed by atoms with Gasteiger partial charge in [-0.1, -0.05) is 210 Å². The van der Waals surface area contributed by atoms with Crippen LogP contribution < -0.4 is 5.32 Å². The molecule has 2 atom stereocenters. The number of unbranched alkanes of at least 4 members (excludes halogenated alkanes) is 29. The van der Waals surface area contributed by atoms with Crippen molar-refractivity contribution in [2.24, 2.45) is 0 Å². The first-order valence-electron chi connectivity index (χ1n) is 25.4. The molecule has 344 valence electrons. The summed E-state index contributed by atoms with van der Waals surface area (Å²) < 4.78 is 5.42.